The third-order valence-electron chi connectivity index (χ3n) is 2.63. The van der Waals surface area contributed by atoms with Crippen LogP contribution < -0.4 is 16.0 Å². The lowest BCUT2D eigenvalue weighted by Gasteiger charge is -2.19. The van der Waals surface area contributed by atoms with Crippen LogP contribution in [0, 0.1) is 0 Å². The summed E-state index contributed by atoms with van der Waals surface area (Å²) in [7, 11) is 3.44. The number of guanidine groups is 1. The summed E-state index contributed by atoms with van der Waals surface area (Å²) in [5.41, 5.74) is -0.474. The number of hydrogen-bond acceptors (Lipinski definition) is 4. The zero-order chi connectivity index (χ0) is 16.8. The molecular formula is C15H33IN4O3. The highest BCUT2D eigenvalue weighted by atomic mass is 127. The molecule has 0 aromatic rings. The van der Waals surface area contributed by atoms with E-state index in [2.05, 4.69) is 20.9 Å². The number of carbonyl (C=O) groups excluding carboxylic acids is 1. The van der Waals surface area contributed by atoms with Crippen molar-refractivity contribution >= 4 is 36.0 Å². The predicted molar refractivity (Wildman–Crippen MR) is 105 cm³/mol. The van der Waals surface area contributed by atoms with Crippen molar-refractivity contribution in [1.82, 2.24) is 16.0 Å². The lowest BCUT2D eigenvalue weighted by Crippen LogP contribution is -2.42. The standard InChI is InChI=1S/C15H32N4O3.HI/c1-15(2,3)22-14(20)19-11-10-18-13(16-4)17-9-7-6-8-12-21-5;/h6-12H2,1-5H3,(H,19,20)(H2,16,17,18);1H. The second-order valence-electron chi connectivity index (χ2n) is 5.91. The minimum atomic E-state index is -0.474. The van der Waals surface area contributed by atoms with Crippen molar-refractivity contribution < 1.29 is 14.3 Å². The molecule has 23 heavy (non-hydrogen) atoms. The smallest absolute Gasteiger partial charge is 0.407 e. The first-order valence-electron chi connectivity index (χ1n) is 7.79. The van der Waals surface area contributed by atoms with Crippen LogP contribution in [0.1, 0.15) is 40.0 Å². The summed E-state index contributed by atoms with van der Waals surface area (Å²) >= 11 is 0. The van der Waals surface area contributed by atoms with Gasteiger partial charge in [0, 0.05) is 40.4 Å². The number of nitrogens with one attached hydrogen (secondary N) is 3. The molecule has 0 saturated carbocycles. The van der Waals surface area contributed by atoms with Gasteiger partial charge in [-0.15, -0.1) is 24.0 Å². The predicted octanol–water partition coefficient (Wildman–Crippen LogP) is 2.11. The summed E-state index contributed by atoms with van der Waals surface area (Å²) < 4.78 is 10.2. The zero-order valence-electron chi connectivity index (χ0n) is 15.0. The van der Waals surface area contributed by atoms with E-state index in [1.165, 1.54) is 0 Å². The summed E-state index contributed by atoms with van der Waals surface area (Å²) in [6, 6.07) is 0. The number of hydrogen-bond donors (Lipinski definition) is 3. The monoisotopic (exact) mass is 444 g/mol. The maximum Gasteiger partial charge on any atom is 0.407 e. The molecule has 0 heterocycles. The normalized spacial score (nSPS) is 11.4. The van der Waals surface area contributed by atoms with E-state index in [4.69, 9.17) is 9.47 Å². The number of unbranched alkanes of at least 4 members (excludes halogenated alkanes) is 2. The van der Waals surface area contributed by atoms with Crippen molar-refractivity contribution in [2.75, 3.05) is 40.4 Å². The molecule has 8 heteroatoms. The summed E-state index contributed by atoms with van der Waals surface area (Å²) in [5, 5.41) is 9.05. The van der Waals surface area contributed by atoms with E-state index in [0.717, 1.165) is 38.4 Å². The van der Waals surface area contributed by atoms with Crippen molar-refractivity contribution in [3.63, 3.8) is 0 Å². The molecule has 0 spiro atoms. The van der Waals surface area contributed by atoms with Crippen LogP contribution in [0.15, 0.2) is 4.99 Å². The fourth-order valence-electron chi connectivity index (χ4n) is 1.64. The van der Waals surface area contributed by atoms with Crippen molar-refractivity contribution in [2.24, 2.45) is 4.99 Å². The van der Waals surface area contributed by atoms with Crippen LogP contribution in [-0.4, -0.2) is 58.1 Å². The largest absolute Gasteiger partial charge is 0.444 e. The number of amides is 1. The molecule has 0 bridgehead atoms. The third kappa shape index (κ3) is 17.4. The van der Waals surface area contributed by atoms with Crippen LogP contribution in [0.25, 0.3) is 0 Å². The van der Waals surface area contributed by atoms with E-state index in [1.807, 2.05) is 20.8 Å². The average Bonchev–Trinajstić information content (AvgIpc) is 2.43. The maximum absolute atomic E-state index is 11.5. The summed E-state index contributed by atoms with van der Waals surface area (Å²) in [5.74, 6) is 0.734. The lowest BCUT2D eigenvalue weighted by molar-refractivity contribution is 0.0529. The highest BCUT2D eigenvalue weighted by Crippen LogP contribution is 2.05. The number of carbonyl (C=O) groups is 1. The molecular weight excluding hydrogens is 411 g/mol. The number of ether oxygens (including phenoxy) is 2. The molecule has 0 saturated heterocycles. The molecule has 0 radical (unpaired) electrons. The molecule has 0 unspecified atom stereocenters. The maximum atomic E-state index is 11.5. The molecule has 0 rings (SSSR count). The van der Waals surface area contributed by atoms with Gasteiger partial charge < -0.3 is 25.4 Å². The van der Waals surface area contributed by atoms with Gasteiger partial charge in [0.2, 0.25) is 0 Å². The Labute approximate surface area is 157 Å². The Kier molecular flexibility index (Phi) is 15.8. The number of rotatable bonds is 9. The minimum Gasteiger partial charge on any atom is -0.444 e. The fourth-order valence-corrected chi connectivity index (χ4v) is 1.64. The Balaban J connectivity index is 0. The molecule has 0 aliphatic rings. The van der Waals surface area contributed by atoms with Crippen LogP contribution in [-0.2, 0) is 9.47 Å². The van der Waals surface area contributed by atoms with E-state index < -0.39 is 11.7 Å². The van der Waals surface area contributed by atoms with Crippen molar-refractivity contribution in [1.29, 1.82) is 0 Å². The quantitative estimate of drug-likeness (QED) is 0.220. The van der Waals surface area contributed by atoms with E-state index in [9.17, 15) is 4.79 Å². The minimum absolute atomic E-state index is 0. The van der Waals surface area contributed by atoms with Crippen LogP contribution in [0.2, 0.25) is 0 Å². The van der Waals surface area contributed by atoms with Gasteiger partial charge in [-0.2, -0.15) is 0 Å². The van der Waals surface area contributed by atoms with Gasteiger partial charge in [-0.25, -0.2) is 4.79 Å². The highest BCUT2D eigenvalue weighted by Gasteiger charge is 2.15. The Morgan fingerprint density at radius 2 is 1.61 bits per heavy atom. The number of aliphatic imine (C=N–C) groups is 1. The van der Waals surface area contributed by atoms with Gasteiger partial charge in [0.05, 0.1) is 0 Å². The molecule has 3 N–H and O–H groups in total. The molecule has 7 nitrogen and oxygen atoms in total. The first kappa shape index (κ1) is 24.5. The number of nitrogens with zero attached hydrogens (tertiary/aromatic N) is 1. The van der Waals surface area contributed by atoms with Crippen molar-refractivity contribution in [3.8, 4) is 0 Å². The molecule has 138 valence electrons. The van der Waals surface area contributed by atoms with Crippen LogP contribution >= 0.6 is 24.0 Å². The zero-order valence-corrected chi connectivity index (χ0v) is 17.4. The first-order valence-corrected chi connectivity index (χ1v) is 7.79. The van der Waals surface area contributed by atoms with Gasteiger partial charge in [-0.05, 0) is 40.0 Å². The van der Waals surface area contributed by atoms with Crippen LogP contribution in [0.5, 0.6) is 0 Å². The van der Waals surface area contributed by atoms with E-state index in [-0.39, 0.29) is 24.0 Å². The Hall–Kier alpha value is -0.770. The number of alkyl carbamates (subject to hydrolysis) is 1. The summed E-state index contributed by atoms with van der Waals surface area (Å²) in [6.07, 6.45) is 2.86. The second kappa shape index (κ2) is 14.8. The molecule has 0 aromatic carbocycles. The third-order valence-corrected chi connectivity index (χ3v) is 2.63. The molecule has 0 fully saturated rings. The van der Waals surface area contributed by atoms with Gasteiger partial charge in [0.1, 0.15) is 5.60 Å². The Morgan fingerprint density at radius 1 is 1.00 bits per heavy atom. The molecule has 0 aliphatic carbocycles. The molecule has 0 aromatic heterocycles. The van der Waals surface area contributed by atoms with E-state index in [1.54, 1.807) is 14.2 Å². The Morgan fingerprint density at radius 3 is 2.17 bits per heavy atom. The lowest BCUT2D eigenvalue weighted by atomic mass is 10.2. The van der Waals surface area contributed by atoms with Gasteiger partial charge in [0.15, 0.2) is 5.96 Å². The van der Waals surface area contributed by atoms with E-state index >= 15 is 0 Å². The SMILES string of the molecule is CN=C(NCCCCCOC)NCCNC(=O)OC(C)(C)C.I. The van der Waals surface area contributed by atoms with E-state index in [0.29, 0.717) is 13.1 Å². The first-order chi connectivity index (χ1) is 10.4. The number of halogens is 1. The topological polar surface area (TPSA) is 84.0 Å². The summed E-state index contributed by atoms with van der Waals surface area (Å²) in [4.78, 5) is 15.6. The van der Waals surface area contributed by atoms with Gasteiger partial charge in [-0.1, -0.05) is 0 Å². The molecule has 1 amide bonds. The van der Waals surface area contributed by atoms with Crippen LogP contribution in [0.4, 0.5) is 4.79 Å². The van der Waals surface area contributed by atoms with Gasteiger partial charge >= 0.3 is 6.09 Å². The second-order valence-corrected chi connectivity index (χ2v) is 5.91. The van der Waals surface area contributed by atoms with Crippen molar-refractivity contribution in [2.45, 2.75) is 45.6 Å². The van der Waals surface area contributed by atoms with Crippen LogP contribution in [0.3, 0.4) is 0 Å². The average molecular weight is 444 g/mol. The fraction of sp³-hybridized carbons (Fsp3) is 0.867. The van der Waals surface area contributed by atoms with Crippen molar-refractivity contribution in [3.05, 3.63) is 0 Å². The molecule has 0 aliphatic heterocycles. The van der Waals surface area contributed by atoms with Gasteiger partial charge in [0.25, 0.3) is 0 Å². The number of methoxy groups -OCH3 is 1. The molecule has 0 atom stereocenters. The highest BCUT2D eigenvalue weighted by molar-refractivity contribution is 14.0. The summed E-state index contributed by atoms with van der Waals surface area (Å²) in [6.45, 7) is 8.24. The Bertz CT molecular complexity index is 333. The van der Waals surface area contributed by atoms with Gasteiger partial charge in [-0.3, -0.25) is 4.99 Å².